The lowest BCUT2D eigenvalue weighted by Gasteiger charge is -2.17. The number of methoxy groups -OCH3 is 2. The molecule has 5 nitrogen and oxygen atoms in total. The number of aryl methyl sites for hydroxylation is 1. The Balaban J connectivity index is 0.00000151. The molecule has 0 saturated carbocycles. The quantitative estimate of drug-likeness (QED) is 0.901. The van der Waals surface area contributed by atoms with E-state index in [2.05, 4.69) is 5.32 Å². The van der Waals surface area contributed by atoms with Crippen LogP contribution in [0.25, 0.3) is 11.1 Å². The van der Waals surface area contributed by atoms with Crippen LogP contribution in [0, 0.1) is 13.8 Å². The van der Waals surface area contributed by atoms with Gasteiger partial charge >= 0.3 is 0 Å². The number of hydrogen-bond donors (Lipinski definition) is 1. The Morgan fingerprint density at radius 2 is 1.56 bits per heavy atom. The van der Waals surface area contributed by atoms with Gasteiger partial charge in [-0.05, 0) is 44.2 Å². The summed E-state index contributed by atoms with van der Waals surface area (Å²) in [6.45, 7) is 8.47. The first-order valence-corrected chi connectivity index (χ1v) is 8.51. The lowest BCUT2D eigenvalue weighted by molar-refractivity contribution is 0.384. The minimum Gasteiger partial charge on any atom is -0.496 e. The van der Waals surface area contributed by atoms with Crippen LogP contribution in [0.2, 0.25) is 0 Å². The molecule has 138 valence electrons. The van der Waals surface area contributed by atoms with Crippen LogP contribution in [0.1, 0.15) is 30.5 Å². The molecule has 1 N–H and O–H groups in total. The van der Waals surface area contributed by atoms with Crippen LogP contribution in [-0.2, 0) is 13.6 Å². The number of pyridine rings is 1. The summed E-state index contributed by atoms with van der Waals surface area (Å²) in [4.78, 5) is 12.1. The van der Waals surface area contributed by atoms with Crippen molar-refractivity contribution in [2.45, 2.75) is 34.2 Å². The topological polar surface area (TPSA) is 52.5 Å². The molecule has 5 heteroatoms. The van der Waals surface area contributed by atoms with E-state index in [0.29, 0.717) is 6.54 Å². The molecule has 2 aromatic rings. The lowest BCUT2D eigenvalue weighted by Crippen LogP contribution is -2.20. The molecular formula is C20H30N2O3. The van der Waals surface area contributed by atoms with Crippen LogP contribution < -0.4 is 20.3 Å². The first-order chi connectivity index (χ1) is 11.9. The van der Waals surface area contributed by atoms with E-state index in [1.54, 1.807) is 25.8 Å². The Hall–Kier alpha value is -2.27. The maximum absolute atomic E-state index is 12.1. The number of nitrogens with one attached hydrogen (secondary N) is 1. The Bertz CT molecular complexity index is 754. The average Bonchev–Trinajstić information content (AvgIpc) is 2.64. The van der Waals surface area contributed by atoms with Gasteiger partial charge in [-0.2, -0.15) is 0 Å². The molecule has 1 heterocycles. The van der Waals surface area contributed by atoms with Crippen molar-refractivity contribution < 1.29 is 9.47 Å². The molecule has 0 saturated heterocycles. The lowest BCUT2D eigenvalue weighted by atomic mass is 9.97. The van der Waals surface area contributed by atoms with Crippen LogP contribution in [-0.4, -0.2) is 25.8 Å². The van der Waals surface area contributed by atoms with Gasteiger partial charge in [-0.25, -0.2) is 0 Å². The molecule has 0 fully saturated rings. The third kappa shape index (κ3) is 4.23. The summed E-state index contributed by atoms with van der Waals surface area (Å²) in [5, 5.41) is 3.12. The van der Waals surface area contributed by atoms with Gasteiger partial charge in [0.05, 0.1) is 14.2 Å². The molecule has 0 radical (unpaired) electrons. The Morgan fingerprint density at radius 3 is 2.00 bits per heavy atom. The van der Waals surface area contributed by atoms with Gasteiger partial charge in [-0.15, -0.1) is 0 Å². The monoisotopic (exact) mass is 346 g/mol. The van der Waals surface area contributed by atoms with Gasteiger partial charge in [0.15, 0.2) is 0 Å². The molecule has 0 spiro atoms. The van der Waals surface area contributed by atoms with Crippen LogP contribution in [0.15, 0.2) is 23.1 Å². The summed E-state index contributed by atoms with van der Waals surface area (Å²) >= 11 is 0. The van der Waals surface area contributed by atoms with E-state index in [9.17, 15) is 4.79 Å². The van der Waals surface area contributed by atoms with Gasteiger partial charge in [0.1, 0.15) is 11.5 Å². The van der Waals surface area contributed by atoms with Crippen LogP contribution in [0.5, 0.6) is 11.5 Å². The van der Waals surface area contributed by atoms with Crippen molar-refractivity contribution in [1.29, 1.82) is 0 Å². The van der Waals surface area contributed by atoms with E-state index < -0.39 is 0 Å². The van der Waals surface area contributed by atoms with Gasteiger partial charge in [0, 0.05) is 36.5 Å². The number of hydrogen-bond acceptors (Lipinski definition) is 4. The zero-order chi connectivity index (χ0) is 19.1. The van der Waals surface area contributed by atoms with E-state index in [1.165, 1.54) is 0 Å². The molecule has 1 aromatic carbocycles. The van der Waals surface area contributed by atoms with Crippen molar-refractivity contribution in [1.82, 2.24) is 9.88 Å². The molecule has 2 rings (SSSR count). The smallest absolute Gasteiger partial charge is 0.253 e. The Labute approximate surface area is 150 Å². The molecule has 0 bridgehead atoms. The van der Waals surface area contributed by atoms with E-state index in [-0.39, 0.29) is 5.56 Å². The zero-order valence-corrected chi connectivity index (χ0v) is 16.6. The van der Waals surface area contributed by atoms with Crippen molar-refractivity contribution in [3.8, 4) is 22.6 Å². The second-order valence-corrected chi connectivity index (χ2v) is 5.60. The maximum Gasteiger partial charge on any atom is 0.253 e. The fourth-order valence-corrected chi connectivity index (χ4v) is 2.76. The second-order valence-electron chi connectivity index (χ2n) is 5.60. The molecule has 0 unspecified atom stereocenters. The average molecular weight is 346 g/mol. The summed E-state index contributed by atoms with van der Waals surface area (Å²) in [7, 11) is 6.95. The van der Waals surface area contributed by atoms with E-state index in [4.69, 9.17) is 9.47 Å². The summed E-state index contributed by atoms with van der Waals surface area (Å²) in [5.41, 5.74) is 4.69. The molecule has 0 atom stereocenters. The number of aromatic nitrogens is 1. The van der Waals surface area contributed by atoms with Crippen molar-refractivity contribution in [2.75, 3.05) is 21.3 Å². The maximum atomic E-state index is 12.1. The Kier molecular flexibility index (Phi) is 7.71. The highest BCUT2D eigenvalue weighted by atomic mass is 16.5. The number of ether oxygens (including phenoxy) is 2. The summed E-state index contributed by atoms with van der Waals surface area (Å²) in [6.07, 6.45) is 1.86. The molecule has 0 amide bonds. The van der Waals surface area contributed by atoms with Crippen molar-refractivity contribution in [3.05, 3.63) is 45.4 Å². The fourth-order valence-electron chi connectivity index (χ4n) is 2.76. The zero-order valence-electron chi connectivity index (χ0n) is 16.6. The second kappa shape index (κ2) is 9.28. The van der Waals surface area contributed by atoms with Crippen molar-refractivity contribution in [2.24, 2.45) is 7.05 Å². The fraction of sp³-hybridized carbons (Fsp3) is 0.450. The van der Waals surface area contributed by atoms with E-state index in [0.717, 1.165) is 39.3 Å². The molecular weight excluding hydrogens is 316 g/mol. The van der Waals surface area contributed by atoms with Crippen molar-refractivity contribution >= 4 is 0 Å². The van der Waals surface area contributed by atoms with Crippen LogP contribution >= 0.6 is 0 Å². The third-order valence-electron chi connectivity index (χ3n) is 4.20. The predicted molar refractivity (Wildman–Crippen MR) is 104 cm³/mol. The van der Waals surface area contributed by atoms with Crippen LogP contribution in [0.4, 0.5) is 0 Å². The molecule has 0 aliphatic carbocycles. The van der Waals surface area contributed by atoms with Gasteiger partial charge < -0.3 is 19.4 Å². The summed E-state index contributed by atoms with van der Waals surface area (Å²) in [6, 6.07) is 3.98. The molecule has 0 aliphatic rings. The standard InChI is InChI=1S/C18H24N2O3.C2H6/c1-11-12(2)18(21)20(4)10-15(11)13-7-16(22-5)14(9-19-3)17(8-13)23-6;1-2/h7-8,10,19H,9H2,1-6H3;1-2H3. The predicted octanol–water partition coefficient (Wildman–Crippen LogP) is 3.43. The van der Waals surface area contributed by atoms with Crippen LogP contribution in [0.3, 0.4) is 0 Å². The normalized spacial score (nSPS) is 10.1. The molecule has 1 aromatic heterocycles. The van der Waals surface area contributed by atoms with Gasteiger partial charge in [0.2, 0.25) is 0 Å². The van der Waals surface area contributed by atoms with Gasteiger partial charge in [-0.3, -0.25) is 4.79 Å². The van der Waals surface area contributed by atoms with E-state index >= 15 is 0 Å². The highest BCUT2D eigenvalue weighted by Gasteiger charge is 2.16. The minimum atomic E-state index is 0.0250. The SMILES string of the molecule is CC.CNCc1c(OC)cc(-c2cn(C)c(=O)c(C)c2C)cc1OC. The molecule has 0 aliphatic heterocycles. The first kappa shape index (κ1) is 20.8. The highest BCUT2D eigenvalue weighted by Crippen LogP contribution is 2.36. The van der Waals surface area contributed by atoms with Crippen molar-refractivity contribution in [3.63, 3.8) is 0 Å². The Morgan fingerprint density at radius 1 is 1.04 bits per heavy atom. The van der Waals surface area contributed by atoms with Gasteiger partial charge in [0.25, 0.3) is 5.56 Å². The van der Waals surface area contributed by atoms with E-state index in [1.807, 2.05) is 53.1 Å². The number of benzene rings is 1. The molecule has 25 heavy (non-hydrogen) atoms. The first-order valence-electron chi connectivity index (χ1n) is 8.51. The third-order valence-corrected chi connectivity index (χ3v) is 4.20. The summed E-state index contributed by atoms with van der Waals surface area (Å²) < 4.78 is 12.7. The highest BCUT2D eigenvalue weighted by molar-refractivity contribution is 5.72. The largest absolute Gasteiger partial charge is 0.496 e. The number of rotatable bonds is 5. The minimum absolute atomic E-state index is 0.0250. The number of nitrogens with zero attached hydrogens (tertiary/aromatic N) is 1. The van der Waals surface area contributed by atoms with Gasteiger partial charge in [-0.1, -0.05) is 13.8 Å². The summed E-state index contributed by atoms with van der Waals surface area (Å²) in [5.74, 6) is 1.53.